The van der Waals surface area contributed by atoms with Crippen LogP contribution in [0.4, 0.5) is 0 Å². The Morgan fingerprint density at radius 1 is 1.35 bits per heavy atom. The number of amides is 1. The van der Waals surface area contributed by atoms with Gasteiger partial charge in [-0.1, -0.05) is 6.92 Å². The minimum atomic E-state index is -3.50. The number of carbonyl (C=O) groups excluding carboxylic acids is 1. The molecule has 1 saturated heterocycles. The summed E-state index contributed by atoms with van der Waals surface area (Å²) in [4.78, 5) is 11.7. The molecule has 1 aliphatic heterocycles. The van der Waals surface area contributed by atoms with Crippen molar-refractivity contribution in [1.29, 1.82) is 0 Å². The van der Waals surface area contributed by atoms with E-state index in [-0.39, 0.29) is 16.8 Å². The van der Waals surface area contributed by atoms with Crippen molar-refractivity contribution in [3.8, 4) is 0 Å². The van der Waals surface area contributed by atoms with E-state index in [4.69, 9.17) is 0 Å². The van der Waals surface area contributed by atoms with Crippen LogP contribution in [-0.4, -0.2) is 51.4 Å². The van der Waals surface area contributed by atoms with E-state index in [1.807, 2.05) is 6.92 Å². The maximum atomic E-state index is 12.5. The lowest BCUT2D eigenvalue weighted by Crippen LogP contribution is -2.58. The van der Waals surface area contributed by atoms with Crippen LogP contribution in [0, 0.1) is 0 Å². The van der Waals surface area contributed by atoms with Gasteiger partial charge in [-0.15, -0.1) is 0 Å². The van der Waals surface area contributed by atoms with Crippen molar-refractivity contribution in [2.75, 3.05) is 26.7 Å². The minimum absolute atomic E-state index is 0.0172. The molecule has 1 amide bonds. The third kappa shape index (κ3) is 2.70. The van der Waals surface area contributed by atoms with Gasteiger partial charge in [0, 0.05) is 38.3 Å². The number of hydrogen-bond donors (Lipinski definition) is 2. The Bertz CT molecular complexity index is 579. The predicted molar refractivity (Wildman–Crippen MR) is 76.1 cm³/mol. The highest BCUT2D eigenvalue weighted by Crippen LogP contribution is 2.20. The first-order valence-electron chi connectivity index (χ1n) is 6.55. The molecule has 1 aromatic rings. The lowest BCUT2D eigenvalue weighted by atomic mass is 10.2. The number of nitrogens with one attached hydrogen (secondary N) is 2. The number of benzene rings is 1. The molecule has 0 bridgehead atoms. The van der Waals surface area contributed by atoms with Crippen LogP contribution in [0.15, 0.2) is 29.2 Å². The Labute approximate surface area is 119 Å². The Balaban J connectivity index is 2.26. The van der Waals surface area contributed by atoms with Gasteiger partial charge in [-0.05, 0) is 24.3 Å². The van der Waals surface area contributed by atoms with Gasteiger partial charge in [-0.25, -0.2) is 8.42 Å². The molecule has 6 nitrogen and oxygen atoms in total. The smallest absolute Gasteiger partial charge is 0.251 e. The van der Waals surface area contributed by atoms with Gasteiger partial charge in [0.05, 0.1) is 4.90 Å². The van der Waals surface area contributed by atoms with E-state index in [1.165, 1.54) is 35.6 Å². The van der Waals surface area contributed by atoms with Gasteiger partial charge in [0.25, 0.3) is 5.91 Å². The standard InChI is InChI=1S/C13H19N3O3S/c1-3-16(11-8-15-9-11)20(18,19)12-6-4-10(5-7-12)13(17)14-2/h4-7,11,15H,3,8-9H2,1-2H3,(H,14,17). The minimum Gasteiger partial charge on any atom is -0.355 e. The van der Waals surface area contributed by atoms with E-state index in [1.54, 1.807) is 0 Å². The average Bonchev–Trinajstić information content (AvgIpc) is 2.41. The molecule has 1 aliphatic rings. The zero-order valence-electron chi connectivity index (χ0n) is 11.6. The monoisotopic (exact) mass is 297 g/mol. The highest BCUT2D eigenvalue weighted by atomic mass is 32.2. The topological polar surface area (TPSA) is 78.5 Å². The quantitative estimate of drug-likeness (QED) is 0.803. The molecule has 1 aromatic carbocycles. The van der Waals surface area contributed by atoms with E-state index in [0.717, 1.165) is 0 Å². The van der Waals surface area contributed by atoms with Crippen molar-refractivity contribution in [2.24, 2.45) is 0 Å². The van der Waals surface area contributed by atoms with Crippen molar-refractivity contribution in [3.05, 3.63) is 29.8 Å². The molecule has 0 spiro atoms. The number of rotatable bonds is 5. The molecular weight excluding hydrogens is 278 g/mol. The summed E-state index contributed by atoms with van der Waals surface area (Å²) in [6.07, 6.45) is 0. The van der Waals surface area contributed by atoms with Crippen LogP contribution >= 0.6 is 0 Å². The fraction of sp³-hybridized carbons (Fsp3) is 0.462. The Kier molecular flexibility index (Phi) is 4.42. The Morgan fingerprint density at radius 2 is 1.95 bits per heavy atom. The molecule has 1 heterocycles. The molecule has 0 aliphatic carbocycles. The second kappa shape index (κ2) is 5.90. The number of nitrogens with zero attached hydrogens (tertiary/aromatic N) is 1. The number of carbonyl (C=O) groups is 1. The maximum absolute atomic E-state index is 12.5. The van der Waals surface area contributed by atoms with E-state index < -0.39 is 10.0 Å². The van der Waals surface area contributed by atoms with Gasteiger partial charge >= 0.3 is 0 Å². The van der Waals surface area contributed by atoms with Crippen LogP contribution in [-0.2, 0) is 10.0 Å². The van der Waals surface area contributed by atoms with Gasteiger partial charge in [-0.3, -0.25) is 4.79 Å². The summed E-state index contributed by atoms with van der Waals surface area (Å²) in [6, 6.07) is 6.03. The van der Waals surface area contributed by atoms with E-state index >= 15 is 0 Å². The average molecular weight is 297 g/mol. The molecule has 0 radical (unpaired) electrons. The van der Waals surface area contributed by atoms with Gasteiger partial charge in [0.2, 0.25) is 10.0 Å². The summed E-state index contributed by atoms with van der Waals surface area (Å²) in [5.41, 5.74) is 0.444. The lowest BCUT2D eigenvalue weighted by Gasteiger charge is -2.36. The molecule has 0 aromatic heterocycles. The molecule has 0 atom stereocenters. The zero-order chi connectivity index (χ0) is 14.8. The van der Waals surface area contributed by atoms with Crippen LogP contribution < -0.4 is 10.6 Å². The summed E-state index contributed by atoms with van der Waals surface area (Å²) in [5, 5.41) is 5.58. The fourth-order valence-corrected chi connectivity index (χ4v) is 3.79. The van der Waals surface area contributed by atoms with Gasteiger partial charge in [0.1, 0.15) is 0 Å². The second-order valence-corrected chi connectivity index (χ2v) is 6.51. The third-order valence-corrected chi connectivity index (χ3v) is 5.47. The maximum Gasteiger partial charge on any atom is 0.251 e. The molecule has 20 heavy (non-hydrogen) atoms. The molecule has 2 rings (SSSR count). The summed E-state index contributed by atoms with van der Waals surface area (Å²) in [6.45, 7) is 3.63. The van der Waals surface area contributed by atoms with Crippen molar-refractivity contribution in [1.82, 2.24) is 14.9 Å². The molecule has 0 saturated carbocycles. The van der Waals surface area contributed by atoms with Crippen molar-refractivity contribution < 1.29 is 13.2 Å². The molecule has 2 N–H and O–H groups in total. The highest BCUT2D eigenvalue weighted by molar-refractivity contribution is 7.89. The number of likely N-dealkylation sites (N-methyl/N-ethyl adjacent to an activating group) is 1. The predicted octanol–water partition coefficient (Wildman–Crippen LogP) is 0.0286. The van der Waals surface area contributed by atoms with Crippen LogP contribution in [0.25, 0.3) is 0 Å². The molecule has 110 valence electrons. The highest BCUT2D eigenvalue weighted by Gasteiger charge is 2.33. The lowest BCUT2D eigenvalue weighted by molar-refractivity contribution is 0.0963. The third-order valence-electron chi connectivity index (χ3n) is 3.43. The van der Waals surface area contributed by atoms with Crippen molar-refractivity contribution in [2.45, 2.75) is 17.9 Å². The van der Waals surface area contributed by atoms with Gasteiger partial charge in [0.15, 0.2) is 0 Å². The Hall–Kier alpha value is -1.44. The fourth-order valence-electron chi connectivity index (χ4n) is 2.16. The molecular formula is C13H19N3O3S. The second-order valence-electron chi connectivity index (χ2n) is 4.62. The SMILES string of the molecule is CCN(C1CNC1)S(=O)(=O)c1ccc(C(=O)NC)cc1. The van der Waals surface area contributed by atoms with E-state index in [0.29, 0.717) is 25.2 Å². The summed E-state index contributed by atoms with van der Waals surface area (Å²) in [7, 11) is -1.96. The molecule has 1 fully saturated rings. The van der Waals surface area contributed by atoms with Crippen molar-refractivity contribution in [3.63, 3.8) is 0 Å². The first kappa shape index (κ1) is 15.0. The normalized spacial score (nSPS) is 15.9. The number of sulfonamides is 1. The van der Waals surface area contributed by atoms with E-state index in [2.05, 4.69) is 10.6 Å². The Morgan fingerprint density at radius 3 is 2.35 bits per heavy atom. The molecule has 0 unspecified atom stereocenters. The number of hydrogen-bond acceptors (Lipinski definition) is 4. The van der Waals surface area contributed by atoms with Crippen LogP contribution in [0.5, 0.6) is 0 Å². The van der Waals surface area contributed by atoms with E-state index in [9.17, 15) is 13.2 Å². The van der Waals surface area contributed by atoms with Crippen molar-refractivity contribution >= 4 is 15.9 Å². The van der Waals surface area contributed by atoms with Gasteiger partial charge in [-0.2, -0.15) is 4.31 Å². The first-order valence-corrected chi connectivity index (χ1v) is 7.99. The summed E-state index contributed by atoms with van der Waals surface area (Å²) >= 11 is 0. The van der Waals surface area contributed by atoms with Crippen LogP contribution in [0.3, 0.4) is 0 Å². The van der Waals surface area contributed by atoms with Crippen LogP contribution in [0.2, 0.25) is 0 Å². The largest absolute Gasteiger partial charge is 0.355 e. The summed E-state index contributed by atoms with van der Waals surface area (Å²) in [5.74, 6) is -0.232. The first-order chi connectivity index (χ1) is 9.50. The van der Waals surface area contributed by atoms with Crippen LogP contribution in [0.1, 0.15) is 17.3 Å². The summed E-state index contributed by atoms with van der Waals surface area (Å²) < 4.78 is 26.6. The zero-order valence-corrected chi connectivity index (χ0v) is 12.4. The van der Waals surface area contributed by atoms with Gasteiger partial charge < -0.3 is 10.6 Å². The molecule has 7 heteroatoms.